The fourth-order valence-electron chi connectivity index (χ4n) is 4.88. The van der Waals surface area contributed by atoms with Gasteiger partial charge < -0.3 is 9.80 Å². The summed E-state index contributed by atoms with van der Waals surface area (Å²) in [6.07, 6.45) is 5.83. The fraction of sp³-hybridized carbons (Fsp3) is 0.360. The van der Waals surface area contributed by atoms with Crippen LogP contribution >= 0.6 is 0 Å². The standard InChI is InChI=1S/C25H28N4O3S/c30-25(20-9-14-28(15-10-20)23-7-12-26-13-8-23)29-16-11-22(18-29)27-33(31,32)24-6-5-19-3-1-2-4-21(19)17-24/h1-8,12-13,17,20,22,27H,9-11,14-16,18H2. The molecule has 0 spiro atoms. The molecule has 3 aromatic rings. The molecule has 2 aliphatic heterocycles. The normalized spacial score (nSPS) is 19.8. The lowest BCUT2D eigenvalue weighted by molar-refractivity contribution is -0.135. The van der Waals surface area contributed by atoms with Crippen LogP contribution in [0.2, 0.25) is 0 Å². The van der Waals surface area contributed by atoms with Gasteiger partial charge in [0.25, 0.3) is 0 Å². The highest BCUT2D eigenvalue weighted by molar-refractivity contribution is 7.89. The number of amides is 1. The lowest BCUT2D eigenvalue weighted by atomic mass is 9.95. The molecule has 2 saturated heterocycles. The van der Waals surface area contributed by atoms with Crippen molar-refractivity contribution >= 4 is 32.4 Å². The number of pyridine rings is 1. The van der Waals surface area contributed by atoms with E-state index in [1.807, 2.05) is 47.4 Å². The SMILES string of the molecule is O=C(C1CCN(c2ccncc2)CC1)N1CCC(NS(=O)(=O)c2ccc3ccccc3c2)C1. The maximum atomic E-state index is 13.1. The lowest BCUT2D eigenvalue weighted by Gasteiger charge is -2.34. The number of hydrogen-bond donors (Lipinski definition) is 1. The van der Waals surface area contributed by atoms with Crippen LogP contribution in [-0.2, 0) is 14.8 Å². The monoisotopic (exact) mass is 464 g/mol. The molecule has 0 bridgehead atoms. The third-order valence-electron chi connectivity index (χ3n) is 6.73. The van der Waals surface area contributed by atoms with Crippen molar-refractivity contribution < 1.29 is 13.2 Å². The zero-order valence-corrected chi connectivity index (χ0v) is 19.2. The molecule has 2 fully saturated rings. The summed E-state index contributed by atoms with van der Waals surface area (Å²) in [6, 6.07) is 16.6. The number of nitrogens with one attached hydrogen (secondary N) is 1. The summed E-state index contributed by atoms with van der Waals surface area (Å²) < 4.78 is 28.7. The van der Waals surface area contributed by atoms with E-state index in [0.29, 0.717) is 19.5 Å². The van der Waals surface area contributed by atoms with E-state index < -0.39 is 10.0 Å². The molecule has 1 aromatic heterocycles. The molecular formula is C25H28N4O3S. The topological polar surface area (TPSA) is 82.6 Å². The molecule has 1 amide bonds. The van der Waals surface area contributed by atoms with Crippen LogP contribution in [-0.4, -0.2) is 56.4 Å². The molecule has 1 N–H and O–H groups in total. The summed E-state index contributed by atoms with van der Waals surface area (Å²) in [5.74, 6) is 0.149. The number of fused-ring (bicyclic) bond motifs is 1. The van der Waals surface area contributed by atoms with E-state index in [4.69, 9.17) is 0 Å². The zero-order valence-electron chi connectivity index (χ0n) is 18.4. The quantitative estimate of drug-likeness (QED) is 0.628. The summed E-state index contributed by atoms with van der Waals surface area (Å²) in [6.45, 7) is 2.70. The van der Waals surface area contributed by atoms with Crippen molar-refractivity contribution in [2.24, 2.45) is 5.92 Å². The van der Waals surface area contributed by atoms with Gasteiger partial charge in [-0.3, -0.25) is 9.78 Å². The van der Waals surface area contributed by atoms with E-state index in [0.717, 1.165) is 42.4 Å². The first-order valence-corrected chi connectivity index (χ1v) is 12.9. The Morgan fingerprint density at radius 2 is 1.64 bits per heavy atom. The molecule has 2 aromatic carbocycles. The van der Waals surface area contributed by atoms with Gasteiger partial charge in [-0.05, 0) is 54.3 Å². The Morgan fingerprint density at radius 1 is 0.909 bits per heavy atom. The summed E-state index contributed by atoms with van der Waals surface area (Å²) in [5, 5.41) is 1.89. The molecule has 7 nitrogen and oxygen atoms in total. The first-order chi connectivity index (χ1) is 16.0. The molecule has 8 heteroatoms. The third-order valence-corrected chi connectivity index (χ3v) is 8.24. The van der Waals surface area contributed by atoms with Gasteiger partial charge in [-0.25, -0.2) is 13.1 Å². The van der Waals surface area contributed by atoms with Crippen molar-refractivity contribution in [1.82, 2.24) is 14.6 Å². The maximum absolute atomic E-state index is 13.1. The summed E-state index contributed by atoms with van der Waals surface area (Å²) in [4.78, 5) is 21.5. The van der Waals surface area contributed by atoms with E-state index in [9.17, 15) is 13.2 Å². The molecule has 5 rings (SSSR count). The Hall–Kier alpha value is -2.97. The van der Waals surface area contributed by atoms with Gasteiger partial charge in [0, 0.05) is 56.2 Å². The Morgan fingerprint density at radius 3 is 2.39 bits per heavy atom. The highest BCUT2D eigenvalue weighted by atomic mass is 32.2. The smallest absolute Gasteiger partial charge is 0.240 e. The highest BCUT2D eigenvalue weighted by Crippen LogP contribution is 2.26. The summed E-state index contributed by atoms with van der Waals surface area (Å²) in [7, 11) is -3.65. The van der Waals surface area contributed by atoms with Crippen LogP contribution < -0.4 is 9.62 Å². The van der Waals surface area contributed by atoms with Crippen molar-refractivity contribution in [2.45, 2.75) is 30.2 Å². The summed E-state index contributed by atoms with van der Waals surface area (Å²) in [5.41, 5.74) is 1.14. The first-order valence-electron chi connectivity index (χ1n) is 11.4. The van der Waals surface area contributed by atoms with Crippen LogP contribution in [0.15, 0.2) is 71.9 Å². The van der Waals surface area contributed by atoms with E-state index in [1.54, 1.807) is 24.5 Å². The Balaban J connectivity index is 1.17. The lowest BCUT2D eigenvalue weighted by Crippen LogP contribution is -2.43. The van der Waals surface area contributed by atoms with Crippen molar-refractivity contribution in [3.05, 3.63) is 67.0 Å². The zero-order chi connectivity index (χ0) is 22.8. The second-order valence-electron chi connectivity index (χ2n) is 8.87. The molecular weight excluding hydrogens is 436 g/mol. The average Bonchev–Trinajstić information content (AvgIpc) is 3.31. The second-order valence-corrected chi connectivity index (χ2v) is 10.6. The van der Waals surface area contributed by atoms with Gasteiger partial charge in [0.2, 0.25) is 15.9 Å². The number of rotatable bonds is 5. The van der Waals surface area contributed by atoms with Crippen molar-refractivity contribution in [2.75, 3.05) is 31.1 Å². The highest BCUT2D eigenvalue weighted by Gasteiger charge is 2.34. The van der Waals surface area contributed by atoms with Crippen LogP contribution in [0.3, 0.4) is 0 Å². The van der Waals surface area contributed by atoms with Crippen molar-refractivity contribution in [3.8, 4) is 0 Å². The number of aromatic nitrogens is 1. The van der Waals surface area contributed by atoms with Crippen LogP contribution in [0.5, 0.6) is 0 Å². The van der Waals surface area contributed by atoms with Gasteiger partial charge in [0.15, 0.2) is 0 Å². The molecule has 172 valence electrons. The Kier molecular flexibility index (Phi) is 6.03. The van der Waals surface area contributed by atoms with Gasteiger partial charge >= 0.3 is 0 Å². The maximum Gasteiger partial charge on any atom is 0.240 e. The van der Waals surface area contributed by atoms with Crippen molar-refractivity contribution in [1.29, 1.82) is 0 Å². The average molecular weight is 465 g/mol. The van der Waals surface area contributed by atoms with Crippen LogP contribution in [0.25, 0.3) is 10.8 Å². The second kappa shape index (κ2) is 9.11. The van der Waals surface area contributed by atoms with E-state index >= 15 is 0 Å². The molecule has 0 saturated carbocycles. The van der Waals surface area contributed by atoms with Gasteiger partial charge in [0.05, 0.1) is 4.90 Å². The third kappa shape index (κ3) is 4.72. The Labute approximate surface area is 194 Å². The molecule has 1 unspecified atom stereocenters. The Bertz CT molecular complexity index is 1240. The van der Waals surface area contributed by atoms with Crippen LogP contribution in [0.1, 0.15) is 19.3 Å². The summed E-state index contributed by atoms with van der Waals surface area (Å²) >= 11 is 0. The van der Waals surface area contributed by atoms with Gasteiger partial charge in [-0.2, -0.15) is 0 Å². The predicted molar refractivity (Wildman–Crippen MR) is 128 cm³/mol. The minimum absolute atomic E-state index is 0.000989. The number of nitrogens with zero attached hydrogens (tertiary/aromatic N) is 3. The van der Waals surface area contributed by atoms with E-state index in [1.165, 1.54) is 0 Å². The van der Waals surface area contributed by atoms with Gasteiger partial charge in [-0.15, -0.1) is 0 Å². The molecule has 0 radical (unpaired) electrons. The molecule has 0 aliphatic carbocycles. The number of benzene rings is 2. The molecule has 3 heterocycles. The first kappa shape index (κ1) is 21.9. The largest absolute Gasteiger partial charge is 0.371 e. The van der Waals surface area contributed by atoms with Gasteiger partial charge in [0.1, 0.15) is 0 Å². The number of anilines is 1. The molecule has 1 atom stereocenters. The number of likely N-dealkylation sites (tertiary alicyclic amines) is 1. The fourth-order valence-corrected chi connectivity index (χ4v) is 6.17. The number of carbonyl (C=O) groups excluding carboxylic acids is 1. The van der Waals surface area contributed by atoms with Crippen molar-refractivity contribution in [3.63, 3.8) is 0 Å². The number of sulfonamides is 1. The number of hydrogen-bond acceptors (Lipinski definition) is 5. The van der Waals surface area contributed by atoms with Gasteiger partial charge in [-0.1, -0.05) is 30.3 Å². The van der Waals surface area contributed by atoms with Crippen LogP contribution in [0.4, 0.5) is 5.69 Å². The van der Waals surface area contributed by atoms with Crippen LogP contribution in [0, 0.1) is 5.92 Å². The molecule has 2 aliphatic rings. The predicted octanol–water partition coefficient (Wildman–Crippen LogP) is 3.03. The minimum atomic E-state index is -3.65. The number of carbonyl (C=O) groups is 1. The van der Waals surface area contributed by atoms with E-state index in [2.05, 4.69) is 14.6 Å². The van der Waals surface area contributed by atoms with E-state index in [-0.39, 0.29) is 22.8 Å². The minimum Gasteiger partial charge on any atom is -0.371 e. The number of piperidine rings is 1. The molecule has 33 heavy (non-hydrogen) atoms.